The van der Waals surface area contributed by atoms with Gasteiger partial charge < -0.3 is 14.8 Å². The zero-order chi connectivity index (χ0) is 15.9. The van der Waals surface area contributed by atoms with Gasteiger partial charge in [-0.15, -0.1) is 0 Å². The first-order chi connectivity index (χ1) is 10.5. The zero-order valence-electron chi connectivity index (χ0n) is 13.6. The van der Waals surface area contributed by atoms with Gasteiger partial charge in [-0.05, 0) is 40.2 Å². The molecule has 1 fully saturated rings. The molecule has 0 saturated carbocycles. The minimum atomic E-state index is -0.106. The lowest BCUT2D eigenvalue weighted by atomic mass is 9.95. The van der Waals surface area contributed by atoms with Gasteiger partial charge in [-0.1, -0.05) is 0 Å². The number of aromatic amines is 1. The highest BCUT2D eigenvalue weighted by Gasteiger charge is 2.34. The molecule has 0 spiro atoms. The average molecular weight is 304 g/mol. The smallest absolute Gasteiger partial charge is 0.256 e. The lowest BCUT2D eigenvalue weighted by Crippen LogP contribution is -2.45. The van der Waals surface area contributed by atoms with Crippen molar-refractivity contribution in [3.05, 3.63) is 27.4 Å². The number of rotatable bonds is 2. The van der Waals surface area contributed by atoms with Crippen molar-refractivity contribution in [2.24, 2.45) is 5.92 Å². The number of aromatic nitrogens is 2. The Kier molecular flexibility index (Phi) is 4.04. The monoisotopic (exact) mass is 304 g/mol. The molecule has 1 N–H and O–H groups in total. The third-order valence-corrected chi connectivity index (χ3v) is 4.75. The maximum Gasteiger partial charge on any atom is 0.256 e. The molecule has 3 heterocycles. The van der Waals surface area contributed by atoms with Gasteiger partial charge in [0.25, 0.3) is 5.56 Å². The third kappa shape index (κ3) is 2.79. The number of carbonyl (C=O) groups is 1. The summed E-state index contributed by atoms with van der Waals surface area (Å²) >= 11 is 0. The van der Waals surface area contributed by atoms with Crippen molar-refractivity contribution in [2.45, 2.75) is 52.7 Å². The predicted molar refractivity (Wildman–Crippen MR) is 83.3 cm³/mol. The number of amides is 1. The van der Waals surface area contributed by atoms with E-state index in [2.05, 4.69) is 28.7 Å². The van der Waals surface area contributed by atoms with E-state index >= 15 is 0 Å². The Morgan fingerprint density at radius 2 is 2.14 bits per heavy atom. The van der Waals surface area contributed by atoms with E-state index in [0.29, 0.717) is 30.5 Å². The fourth-order valence-electron chi connectivity index (χ4n) is 3.48. The number of piperidine rings is 1. The maximum atomic E-state index is 12.8. The molecule has 3 rings (SSSR count). The molecule has 6 nitrogen and oxygen atoms in total. The Labute approximate surface area is 130 Å². The van der Waals surface area contributed by atoms with Gasteiger partial charge in [0.1, 0.15) is 5.82 Å². The van der Waals surface area contributed by atoms with Gasteiger partial charge in [-0.3, -0.25) is 9.59 Å². The second kappa shape index (κ2) is 5.83. The van der Waals surface area contributed by atoms with Crippen LogP contribution in [0.2, 0.25) is 0 Å². The van der Waals surface area contributed by atoms with E-state index in [0.717, 1.165) is 31.6 Å². The minimum Gasteiger partial charge on any atom is -0.332 e. The largest absolute Gasteiger partial charge is 0.332 e. The molecule has 0 radical (unpaired) electrons. The fraction of sp³-hybridized carbons (Fsp3) is 0.688. The first-order valence-corrected chi connectivity index (χ1v) is 8.07. The molecule has 1 atom stereocenters. The summed E-state index contributed by atoms with van der Waals surface area (Å²) in [6, 6.07) is 0.471. The van der Waals surface area contributed by atoms with Crippen molar-refractivity contribution >= 4 is 5.91 Å². The van der Waals surface area contributed by atoms with Gasteiger partial charge in [-0.2, -0.15) is 0 Å². The number of carbonyl (C=O) groups excluding carboxylic acids is 1. The van der Waals surface area contributed by atoms with Crippen LogP contribution >= 0.6 is 0 Å². The van der Waals surface area contributed by atoms with Crippen molar-refractivity contribution < 1.29 is 4.79 Å². The summed E-state index contributed by atoms with van der Waals surface area (Å²) in [5.41, 5.74) is 1.30. The highest BCUT2D eigenvalue weighted by atomic mass is 16.2. The quantitative estimate of drug-likeness (QED) is 0.886. The Morgan fingerprint density at radius 1 is 1.36 bits per heavy atom. The van der Waals surface area contributed by atoms with Crippen LogP contribution in [0.15, 0.2) is 4.79 Å². The third-order valence-electron chi connectivity index (χ3n) is 4.75. The van der Waals surface area contributed by atoms with Gasteiger partial charge in [0, 0.05) is 12.6 Å². The highest BCUT2D eigenvalue weighted by Crippen LogP contribution is 2.25. The maximum absolute atomic E-state index is 12.8. The molecule has 22 heavy (non-hydrogen) atoms. The molecule has 2 aliphatic rings. The summed E-state index contributed by atoms with van der Waals surface area (Å²) < 4.78 is 0. The molecule has 0 aromatic carbocycles. The molecule has 1 amide bonds. The Morgan fingerprint density at radius 3 is 2.86 bits per heavy atom. The molecule has 120 valence electrons. The highest BCUT2D eigenvalue weighted by molar-refractivity contribution is 5.79. The fourth-order valence-corrected chi connectivity index (χ4v) is 3.48. The van der Waals surface area contributed by atoms with Gasteiger partial charge in [0.05, 0.1) is 30.3 Å². The molecule has 0 unspecified atom stereocenters. The molecule has 0 bridgehead atoms. The van der Waals surface area contributed by atoms with Crippen molar-refractivity contribution in [3.8, 4) is 0 Å². The van der Waals surface area contributed by atoms with E-state index in [-0.39, 0.29) is 17.4 Å². The van der Waals surface area contributed by atoms with E-state index in [9.17, 15) is 9.59 Å². The first-order valence-electron chi connectivity index (χ1n) is 8.07. The average Bonchev–Trinajstić information content (AvgIpc) is 2.90. The summed E-state index contributed by atoms with van der Waals surface area (Å²) in [5.74, 6) is 0.827. The van der Waals surface area contributed by atoms with Crippen molar-refractivity contribution in [3.63, 3.8) is 0 Å². The Balaban J connectivity index is 1.72. The van der Waals surface area contributed by atoms with Crippen LogP contribution in [0.5, 0.6) is 0 Å². The first kappa shape index (κ1) is 15.2. The van der Waals surface area contributed by atoms with E-state index in [1.807, 2.05) is 0 Å². The topological polar surface area (TPSA) is 69.3 Å². The number of hydrogen-bond acceptors (Lipinski definition) is 4. The molecule has 6 heteroatoms. The Bertz CT molecular complexity index is 638. The number of H-pyrrole nitrogens is 1. The lowest BCUT2D eigenvalue weighted by Gasteiger charge is -2.36. The van der Waals surface area contributed by atoms with Gasteiger partial charge in [0.15, 0.2) is 0 Å². The van der Waals surface area contributed by atoms with Crippen LogP contribution in [-0.2, 0) is 17.9 Å². The Hall–Kier alpha value is -1.69. The minimum absolute atomic E-state index is 0.0469. The van der Waals surface area contributed by atoms with E-state index in [1.165, 1.54) is 0 Å². The van der Waals surface area contributed by atoms with E-state index in [1.54, 1.807) is 11.8 Å². The number of hydrogen-bond donors (Lipinski definition) is 1. The summed E-state index contributed by atoms with van der Waals surface area (Å²) in [5, 5.41) is 0. The summed E-state index contributed by atoms with van der Waals surface area (Å²) in [7, 11) is 0. The predicted octanol–water partition coefficient (Wildman–Crippen LogP) is 1.04. The SMILES string of the molecule is Cc1nc2c(c(=O)[nH]1)CN(C(=O)[C@@H]1CCCN(C(C)C)C1)C2. The van der Waals surface area contributed by atoms with Crippen molar-refractivity contribution in [2.75, 3.05) is 13.1 Å². The molecule has 2 aliphatic heterocycles. The molecule has 1 aromatic rings. The van der Waals surface area contributed by atoms with Crippen LogP contribution in [-0.4, -0.2) is 44.8 Å². The number of nitrogens with one attached hydrogen (secondary N) is 1. The van der Waals surface area contributed by atoms with Crippen LogP contribution in [0.4, 0.5) is 0 Å². The zero-order valence-corrected chi connectivity index (χ0v) is 13.6. The second-order valence-electron chi connectivity index (χ2n) is 6.70. The van der Waals surface area contributed by atoms with Crippen LogP contribution in [0.25, 0.3) is 0 Å². The van der Waals surface area contributed by atoms with Crippen LogP contribution in [0.3, 0.4) is 0 Å². The summed E-state index contributed by atoms with van der Waals surface area (Å²) in [6.45, 7) is 8.88. The lowest BCUT2D eigenvalue weighted by molar-refractivity contribution is -0.138. The van der Waals surface area contributed by atoms with Crippen LogP contribution in [0.1, 0.15) is 43.8 Å². The molecule has 1 saturated heterocycles. The number of nitrogens with zero attached hydrogens (tertiary/aromatic N) is 3. The standard InChI is InChI=1S/C16H24N4O2/c1-10(2)19-6-4-5-12(7-19)16(22)20-8-13-14(9-20)17-11(3)18-15(13)21/h10,12H,4-9H2,1-3H3,(H,17,18,21)/t12-/m1/s1. The van der Waals surface area contributed by atoms with Crippen LogP contribution < -0.4 is 5.56 Å². The molecule has 0 aliphatic carbocycles. The number of likely N-dealkylation sites (tertiary alicyclic amines) is 1. The van der Waals surface area contributed by atoms with Gasteiger partial charge in [-0.25, -0.2) is 4.98 Å². The van der Waals surface area contributed by atoms with Gasteiger partial charge >= 0.3 is 0 Å². The van der Waals surface area contributed by atoms with Crippen molar-refractivity contribution in [1.82, 2.24) is 19.8 Å². The van der Waals surface area contributed by atoms with E-state index in [4.69, 9.17) is 0 Å². The second-order valence-corrected chi connectivity index (χ2v) is 6.70. The van der Waals surface area contributed by atoms with Gasteiger partial charge in [0.2, 0.25) is 5.91 Å². The number of aryl methyl sites for hydroxylation is 1. The molecular weight excluding hydrogens is 280 g/mol. The molecule has 1 aromatic heterocycles. The number of fused-ring (bicyclic) bond motifs is 1. The summed E-state index contributed by atoms with van der Waals surface area (Å²) in [6.07, 6.45) is 2.00. The molecular formula is C16H24N4O2. The van der Waals surface area contributed by atoms with Crippen molar-refractivity contribution in [1.29, 1.82) is 0 Å². The summed E-state index contributed by atoms with van der Waals surface area (Å²) in [4.78, 5) is 36.0. The van der Waals surface area contributed by atoms with E-state index < -0.39 is 0 Å². The normalized spacial score (nSPS) is 22.2. The van der Waals surface area contributed by atoms with Crippen LogP contribution in [0, 0.1) is 12.8 Å².